The highest BCUT2D eigenvalue weighted by molar-refractivity contribution is 7.90. The van der Waals surface area contributed by atoms with Crippen LogP contribution in [0.25, 0.3) is 0 Å². The van der Waals surface area contributed by atoms with Crippen molar-refractivity contribution in [2.24, 2.45) is 0 Å². The summed E-state index contributed by atoms with van der Waals surface area (Å²) in [6.07, 6.45) is 0.996. The van der Waals surface area contributed by atoms with Crippen molar-refractivity contribution >= 4 is 16.0 Å². The number of carbonyl (C=O) groups is 1. The van der Waals surface area contributed by atoms with Gasteiger partial charge in [0, 0.05) is 13.1 Å². The third-order valence-electron chi connectivity index (χ3n) is 1.66. The second-order valence-electron chi connectivity index (χ2n) is 3.21. The van der Waals surface area contributed by atoms with Crippen LogP contribution < -0.4 is 10.0 Å². The van der Waals surface area contributed by atoms with E-state index < -0.39 is 21.7 Å². The molecular weight excluding hydrogens is 232 g/mol. The third-order valence-corrected chi connectivity index (χ3v) is 2.92. The summed E-state index contributed by atoms with van der Waals surface area (Å²) < 4.78 is 29.5. The first-order valence-corrected chi connectivity index (χ1v) is 7.00. The average Bonchev–Trinajstić information content (AvgIpc) is 2.16. The van der Waals surface area contributed by atoms with Gasteiger partial charge in [-0.1, -0.05) is 6.92 Å². The van der Waals surface area contributed by atoms with Crippen molar-refractivity contribution in [3.8, 4) is 0 Å². The molecule has 0 unspecified atom stereocenters. The predicted molar refractivity (Wildman–Crippen MR) is 61.6 cm³/mol. The van der Waals surface area contributed by atoms with Crippen LogP contribution in [0.5, 0.6) is 0 Å². The molecule has 16 heavy (non-hydrogen) atoms. The fourth-order valence-electron chi connectivity index (χ4n) is 1.01. The van der Waals surface area contributed by atoms with Crippen molar-refractivity contribution in [1.29, 1.82) is 0 Å². The summed E-state index contributed by atoms with van der Waals surface area (Å²) in [5, 5.41) is 3.04. The molecule has 2 N–H and O–H groups in total. The van der Waals surface area contributed by atoms with E-state index in [0.717, 1.165) is 13.0 Å². The van der Waals surface area contributed by atoms with Crippen molar-refractivity contribution < 1.29 is 17.9 Å². The zero-order chi connectivity index (χ0) is 12.4. The summed E-state index contributed by atoms with van der Waals surface area (Å²) in [6.45, 7) is 5.52. The summed E-state index contributed by atoms with van der Waals surface area (Å²) in [4.78, 5) is 10.9. The number of ether oxygens (including phenoxy) is 1. The number of esters is 1. The summed E-state index contributed by atoms with van der Waals surface area (Å²) in [5.74, 6) is -1.34. The lowest BCUT2D eigenvalue weighted by atomic mass is 10.5. The molecule has 0 atom stereocenters. The van der Waals surface area contributed by atoms with Crippen LogP contribution in [0.4, 0.5) is 0 Å². The van der Waals surface area contributed by atoms with E-state index in [1.807, 2.05) is 6.92 Å². The van der Waals surface area contributed by atoms with Crippen LogP contribution in [0, 0.1) is 0 Å². The third kappa shape index (κ3) is 8.63. The fourth-order valence-corrected chi connectivity index (χ4v) is 1.91. The molecule has 0 aromatic heterocycles. The first-order valence-electron chi connectivity index (χ1n) is 5.35. The minimum Gasteiger partial charge on any atom is -0.465 e. The van der Waals surface area contributed by atoms with Crippen LogP contribution >= 0.6 is 0 Å². The fraction of sp³-hybridized carbons (Fsp3) is 0.889. The van der Waals surface area contributed by atoms with Gasteiger partial charge in [-0.2, -0.15) is 0 Å². The van der Waals surface area contributed by atoms with E-state index in [0.29, 0.717) is 6.54 Å². The quantitative estimate of drug-likeness (QED) is 0.425. The van der Waals surface area contributed by atoms with Gasteiger partial charge in [-0.3, -0.25) is 4.79 Å². The van der Waals surface area contributed by atoms with Crippen molar-refractivity contribution in [3.63, 3.8) is 0 Å². The van der Waals surface area contributed by atoms with Crippen molar-refractivity contribution in [1.82, 2.24) is 10.0 Å². The molecule has 0 bridgehead atoms. The van der Waals surface area contributed by atoms with Crippen molar-refractivity contribution in [2.75, 3.05) is 32.0 Å². The largest absolute Gasteiger partial charge is 0.465 e. The second-order valence-corrected chi connectivity index (χ2v) is 5.02. The number of carbonyl (C=O) groups excluding carboxylic acids is 1. The van der Waals surface area contributed by atoms with Crippen LogP contribution in [0.2, 0.25) is 0 Å². The molecule has 0 amide bonds. The molecule has 0 saturated carbocycles. The zero-order valence-electron chi connectivity index (χ0n) is 9.78. The monoisotopic (exact) mass is 252 g/mol. The van der Waals surface area contributed by atoms with Crippen molar-refractivity contribution in [3.05, 3.63) is 0 Å². The number of hydrogen-bond donors (Lipinski definition) is 2. The molecule has 0 heterocycles. The standard InChI is InChI=1S/C9H20N2O4S/c1-3-5-10-6-7-11-16(13,14)8-9(12)15-4-2/h10-11H,3-8H2,1-2H3. The molecule has 0 aliphatic heterocycles. The van der Waals surface area contributed by atoms with E-state index in [1.54, 1.807) is 6.92 Å². The first-order chi connectivity index (χ1) is 7.52. The van der Waals surface area contributed by atoms with Gasteiger partial charge in [0.1, 0.15) is 0 Å². The Morgan fingerprint density at radius 3 is 2.44 bits per heavy atom. The maximum Gasteiger partial charge on any atom is 0.322 e. The molecule has 0 radical (unpaired) electrons. The van der Waals surface area contributed by atoms with E-state index in [1.165, 1.54) is 0 Å². The normalized spacial score (nSPS) is 11.4. The number of sulfonamides is 1. The Balaban J connectivity index is 3.74. The Hall–Kier alpha value is -0.660. The topological polar surface area (TPSA) is 84.5 Å². The van der Waals surface area contributed by atoms with Gasteiger partial charge in [0.25, 0.3) is 0 Å². The van der Waals surface area contributed by atoms with Gasteiger partial charge < -0.3 is 10.1 Å². The molecule has 0 aromatic carbocycles. The van der Waals surface area contributed by atoms with Gasteiger partial charge in [-0.05, 0) is 19.9 Å². The Labute approximate surface area is 96.8 Å². The maximum atomic E-state index is 11.3. The Morgan fingerprint density at radius 1 is 1.19 bits per heavy atom. The zero-order valence-corrected chi connectivity index (χ0v) is 10.6. The molecule has 7 heteroatoms. The lowest BCUT2D eigenvalue weighted by molar-refractivity contribution is -0.139. The second kappa shape index (κ2) is 8.49. The van der Waals surface area contributed by atoms with Gasteiger partial charge in [0.2, 0.25) is 10.0 Å². The summed E-state index contributed by atoms with van der Waals surface area (Å²) >= 11 is 0. The molecule has 0 spiro atoms. The van der Waals surface area contributed by atoms with Crippen LogP contribution in [0.15, 0.2) is 0 Å². The molecule has 6 nitrogen and oxygen atoms in total. The van der Waals surface area contributed by atoms with Crippen LogP contribution in [-0.2, 0) is 19.6 Å². The van der Waals surface area contributed by atoms with Crippen LogP contribution in [-0.4, -0.2) is 46.4 Å². The average molecular weight is 252 g/mol. The lowest BCUT2D eigenvalue weighted by Gasteiger charge is -2.06. The molecule has 96 valence electrons. The first kappa shape index (κ1) is 15.3. The number of hydrogen-bond acceptors (Lipinski definition) is 5. The predicted octanol–water partition coefficient (Wildman–Crippen LogP) is -0.531. The van der Waals surface area contributed by atoms with Crippen LogP contribution in [0.3, 0.4) is 0 Å². The summed E-state index contributed by atoms with van der Waals surface area (Å²) in [5.41, 5.74) is 0. The summed E-state index contributed by atoms with van der Waals surface area (Å²) in [6, 6.07) is 0. The van der Waals surface area contributed by atoms with Gasteiger partial charge in [0.05, 0.1) is 6.61 Å². The number of rotatable bonds is 9. The van der Waals surface area contributed by atoms with E-state index in [2.05, 4.69) is 14.8 Å². The van der Waals surface area contributed by atoms with Crippen molar-refractivity contribution in [2.45, 2.75) is 20.3 Å². The van der Waals surface area contributed by atoms with Gasteiger partial charge in [-0.15, -0.1) is 0 Å². The minimum atomic E-state index is -3.55. The lowest BCUT2D eigenvalue weighted by Crippen LogP contribution is -2.35. The highest BCUT2D eigenvalue weighted by atomic mass is 32.2. The van der Waals surface area contributed by atoms with E-state index in [-0.39, 0.29) is 13.2 Å². The molecule has 0 aliphatic rings. The SMILES string of the molecule is CCCNCCNS(=O)(=O)CC(=O)OCC. The Kier molecular flexibility index (Phi) is 8.14. The van der Waals surface area contributed by atoms with E-state index >= 15 is 0 Å². The Morgan fingerprint density at radius 2 is 1.88 bits per heavy atom. The number of nitrogens with one attached hydrogen (secondary N) is 2. The minimum absolute atomic E-state index is 0.187. The molecule has 0 aromatic rings. The molecular formula is C9H20N2O4S. The molecule has 0 saturated heterocycles. The van der Waals surface area contributed by atoms with E-state index in [4.69, 9.17) is 0 Å². The molecule has 0 fully saturated rings. The highest BCUT2D eigenvalue weighted by Crippen LogP contribution is 1.87. The molecule has 0 aliphatic carbocycles. The van der Waals surface area contributed by atoms with Gasteiger partial charge in [-0.25, -0.2) is 13.1 Å². The van der Waals surface area contributed by atoms with Gasteiger partial charge in [0.15, 0.2) is 5.75 Å². The van der Waals surface area contributed by atoms with Gasteiger partial charge >= 0.3 is 5.97 Å². The highest BCUT2D eigenvalue weighted by Gasteiger charge is 2.16. The maximum absolute atomic E-state index is 11.3. The smallest absolute Gasteiger partial charge is 0.322 e. The Bertz CT molecular complexity index is 290. The molecule has 0 rings (SSSR count). The van der Waals surface area contributed by atoms with E-state index in [9.17, 15) is 13.2 Å². The van der Waals surface area contributed by atoms with Crippen LogP contribution in [0.1, 0.15) is 20.3 Å². The summed E-state index contributed by atoms with van der Waals surface area (Å²) in [7, 11) is -3.55.